The Balaban J connectivity index is 1.94. The molecule has 5 heteroatoms. The van der Waals surface area contributed by atoms with Crippen molar-refractivity contribution in [2.24, 2.45) is 0 Å². The Morgan fingerprint density at radius 1 is 1.56 bits per heavy atom. The van der Waals surface area contributed by atoms with Gasteiger partial charge in [-0.25, -0.2) is 4.98 Å². The maximum atomic E-state index is 11.8. The summed E-state index contributed by atoms with van der Waals surface area (Å²) in [6, 6.07) is 3.35. The van der Waals surface area contributed by atoms with Crippen LogP contribution in [-0.4, -0.2) is 15.2 Å². The number of rotatable bonds is 3. The number of hydrogen-bond donors (Lipinski definition) is 0. The van der Waals surface area contributed by atoms with Crippen molar-refractivity contribution < 1.29 is 9.21 Å². The average Bonchev–Trinajstić information content (AvgIpc) is 3.02. The third kappa shape index (κ3) is 1.78. The summed E-state index contributed by atoms with van der Waals surface area (Å²) in [7, 11) is 0. The maximum absolute atomic E-state index is 11.8. The molecule has 3 rings (SSSR count). The smallest absolute Gasteiger partial charge is 0.221 e. The van der Waals surface area contributed by atoms with Gasteiger partial charge in [-0.3, -0.25) is 9.20 Å². The third-order valence-electron chi connectivity index (χ3n) is 2.64. The lowest BCUT2D eigenvalue weighted by atomic mass is 10.2. The maximum Gasteiger partial charge on any atom is 0.221 e. The molecule has 0 fully saturated rings. The van der Waals surface area contributed by atoms with Crippen LogP contribution in [0, 0.1) is 6.92 Å². The Morgan fingerprint density at radius 2 is 2.44 bits per heavy atom. The summed E-state index contributed by atoms with van der Waals surface area (Å²) in [5, 5.41) is 1.97. The molecule has 0 aliphatic rings. The predicted molar refractivity (Wildman–Crippen MR) is 69.9 cm³/mol. The van der Waals surface area contributed by atoms with E-state index in [4.69, 9.17) is 4.42 Å². The molecule has 0 radical (unpaired) electrons. The van der Waals surface area contributed by atoms with Gasteiger partial charge in [0.2, 0.25) is 5.78 Å². The molecule has 3 heterocycles. The first-order valence-electron chi connectivity index (χ1n) is 5.44. The van der Waals surface area contributed by atoms with Crippen molar-refractivity contribution >= 4 is 28.2 Å². The van der Waals surface area contributed by atoms with E-state index in [1.54, 1.807) is 29.5 Å². The quantitative estimate of drug-likeness (QED) is 0.535. The van der Waals surface area contributed by atoms with Crippen LogP contribution in [0.25, 0.3) is 11.0 Å². The Kier molecular flexibility index (Phi) is 2.60. The monoisotopic (exact) mass is 258 g/mol. The third-order valence-corrected chi connectivity index (χ3v) is 3.40. The van der Waals surface area contributed by atoms with Crippen LogP contribution in [0.1, 0.15) is 21.9 Å². The molecule has 0 aliphatic carbocycles. The topological polar surface area (TPSA) is 47.5 Å². The summed E-state index contributed by atoms with van der Waals surface area (Å²) in [4.78, 5) is 17.1. The molecule has 0 saturated carbocycles. The molecule has 0 saturated heterocycles. The van der Waals surface area contributed by atoms with Crippen LogP contribution in [0.5, 0.6) is 0 Å². The first-order valence-corrected chi connectivity index (χ1v) is 6.32. The first kappa shape index (κ1) is 11.0. The van der Waals surface area contributed by atoms with E-state index in [-0.39, 0.29) is 5.78 Å². The van der Waals surface area contributed by atoms with E-state index in [1.807, 2.05) is 22.9 Å². The van der Waals surface area contributed by atoms with Crippen molar-refractivity contribution in [1.29, 1.82) is 0 Å². The highest BCUT2D eigenvalue weighted by Gasteiger charge is 2.08. The van der Waals surface area contributed by atoms with Gasteiger partial charge >= 0.3 is 0 Å². The molecule has 4 nitrogen and oxygen atoms in total. The van der Waals surface area contributed by atoms with Crippen molar-refractivity contribution in [2.45, 2.75) is 6.92 Å². The van der Waals surface area contributed by atoms with Gasteiger partial charge in [0.05, 0.1) is 17.7 Å². The zero-order valence-electron chi connectivity index (χ0n) is 9.66. The molecule has 0 unspecified atom stereocenters. The molecule has 18 heavy (non-hydrogen) atoms. The van der Waals surface area contributed by atoms with E-state index in [0.29, 0.717) is 5.76 Å². The SMILES string of the molecule is Cc1nc2sccn2c1/C=C/C(=O)c1ccco1. The fraction of sp³-hybridized carbons (Fsp3) is 0.0769. The number of furan rings is 1. The lowest BCUT2D eigenvalue weighted by Gasteiger charge is -1.92. The lowest BCUT2D eigenvalue weighted by molar-refractivity contribution is 0.102. The average molecular weight is 258 g/mol. The zero-order chi connectivity index (χ0) is 12.5. The van der Waals surface area contributed by atoms with Gasteiger partial charge < -0.3 is 4.42 Å². The van der Waals surface area contributed by atoms with Gasteiger partial charge in [-0.15, -0.1) is 11.3 Å². The van der Waals surface area contributed by atoms with Crippen LogP contribution in [0.4, 0.5) is 0 Å². The van der Waals surface area contributed by atoms with Gasteiger partial charge in [0.25, 0.3) is 0 Å². The van der Waals surface area contributed by atoms with E-state index in [9.17, 15) is 4.79 Å². The van der Waals surface area contributed by atoms with E-state index in [2.05, 4.69) is 4.98 Å². The summed E-state index contributed by atoms with van der Waals surface area (Å²) in [6.45, 7) is 1.93. The number of aromatic nitrogens is 2. The number of carbonyl (C=O) groups is 1. The van der Waals surface area contributed by atoms with E-state index >= 15 is 0 Å². The highest BCUT2D eigenvalue weighted by Crippen LogP contribution is 2.18. The number of ketones is 1. The molecule has 90 valence electrons. The molecule has 0 amide bonds. The van der Waals surface area contributed by atoms with Gasteiger partial charge in [-0.1, -0.05) is 0 Å². The molecule has 0 N–H and O–H groups in total. The summed E-state index contributed by atoms with van der Waals surface area (Å²) in [6.07, 6.45) is 6.71. The van der Waals surface area contributed by atoms with Gasteiger partial charge in [0.1, 0.15) is 0 Å². The standard InChI is InChI=1S/C13H10N2O2S/c1-9-10(15-6-8-18-13(15)14-9)4-5-11(16)12-3-2-7-17-12/h2-8H,1H3/b5-4+. The summed E-state index contributed by atoms with van der Waals surface area (Å²) in [5.41, 5.74) is 1.83. The fourth-order valence-corrected chi connectivity index (χ4v) is 2.53. The first-order chi connectivity index (χ1) is 8.75. The van der Waals surface area contributed by atoms with Crippen LogP contribution in [0.15, 0.2) is 40.5 Å². The summed E-state index contributed by atoms with van der Waals surface area (Å²) < 4.78 is 7.01. The molecule has 3 aromatic heterocycles. The summed E-state index contributed by atoms with van der Waals surface area (Å²) in [5.74, 6) is 0.194. The minimum absolute atomic E-state index is 0.149. The van der Waals surface area contributed by atoms with Crippen LogP contribution in [-0.2, 0) is 0 Å². The second-order valence-corrected chi connectivity index (χ2v) is 4.69. The highest BCUT2D eigenvalue weighted by atomic mass is 32.1. The second kappa shape index (κ2) is 4.27. The van der Waals surface area contributed by atoms with Gasteiger partial charge in [0, 0.05) is 11.6 Å². The molecular weight excluding hydrogens is 248 g/mol. The Bertz CT molecular complexity index is 719. The van der Waals surface area contributed by atoms with Crippen molar-refractivity contribution in [2.75, 3.05) is 0 Å². The number of hydrogen-bond acceptors (Lipinski definition) is 4. The molecule has 0 bridgehead atoms. The fourth-order valence-electron chi connectivity index (χ4n) is 1.77. The van der Waals surface area contributed by atoms with Crippen LogP contribution >= 0.6 is 11.3 Å². The predicted octanol–water partition coefficient (Wildman–Crippen LogP) is 3.19. The Labute approximate surface area is 107 Å². The van der Waals surface area contributed by atoms with Crippen LogP contribution in [0.3, 0.4) is 0 Å². The Morgan fingerprint density at radius 3 is 3.22 bits per heavy atom. The van der Waals surface area contributed by atoms with Crippen LogP contribution in [0.2, 0.25) is 0 Å². The molecule has 0 atom stereocenters. The Hall–Kier alpha value is -2.14. The van der Waals surface area contributed by atoms with E-state index < -0.39 is 0 Å². The van der Waals surface area contributed by atoms with Gasteiger partial charge in [0.15, 0.2) is 10.7 Å². The molecular formula is C13H10N2O2S. The van der Waals surface area contributed by atoms with E-state index in [1.165, 1.54) is 12.3 Å². The number of allylic oxidation sites excluding steroid dienone is 1. The van der Waals surface area contributed by atoms with Crippen LogP contribution < -0.4 is 0 Å². The van der Waals surface area contributed by atoms with Crippen molar-refractivity contribution in [3.63, 3.8) is 0 Å². The van der Waals surface area contributed by atoms with Gasteiger partial charge in [-0.2, -0.15) is 0 Å². The minimum atomic E-state index is -0.149. The van der Waals surface area contributed by atoms with Gasteiger partial charge in [-0.05, 0) is 31.2 Å². The normalized spacial score (nSPS) is 11.6. The largest absolute Gasteiger partial charge is 0.461 e. The highest BCUT2D eigenvalue weighted by molar-refractivity contribution is 7.15. The second-order valence-electron chi connectivity index (χ2n) is 3.81. The zero-order valence-corrected chi connectivity index (χ0v) is 10.5. The molecule has 0 spiro atoms. The molecule has 0 aliphatic heterocycles. The number of imidazole rings is 1. The van der Waals surface area contributed by atoms with E-state index in [0.717, 1.165) is 16.3 Å². The van der Waals surface area contributed by atoms with Crippen molar-refractivity contribution in [3.8, 4) is 0 Å². The number of thiazole rings is 1. The molecule has 0 aromatic carbocycles. The number of fused-ring (bicyclic) bond motifs is 1. The number of aryl methyl sites for hydroxylation is 1. The van der Waals surface area contributed by atoms with Crippen molar-refractivity contribution in [1.82, 2.24) is 9.38 Å². The summed E-state index contributed by atoms with van der Waals surface area (Å²) >= 11 is 1.57. The minimum Gasteiger partial charge on any atom is -0.461 e. The molecule has 3 aromatic rings. The van der Waals surface area contributed by atoms with Crippen molar-refractivity contribution in [3.05, 3.63) is 53.2 Å². The number of nitrogens with zero attached hydrogens (tertiary/aromatic N) is 2. The number of carbonyl (C=O) groups excluding carboxylic acids is 1. The lowest BCUT2D eigenvalue weighted by Crippen LogP contribution is -1.91.